The largest absolute Gasteiger partial charge is 0.340 e. The third kappa shape index (κ3) is 3.89. The minimum Gasteiger partial charge on any atom is -0.340 e. The van der Waals surface area contributed by atoms with Crippen molar-refractivity contribution in [2.75, 3.05) is 32.1 Å². The van der Waals surface area contributed by atoms with Gasteiger partial charge in [-0.25, -0.2) is 14.4 Å². The summed E-state index contributed by atoms with van der Waals surface area (Å²) in [5, 5.41) is 1.03. The zero-order chi connectivity index (χ0) is 19.7. The molecule has 2 aromatic heterocycles. The second kappa shape index (κ2) is 7.90. The molecule has 0 unspecified atom stereocenters. The van der Waals surface area contributed by atoms with Crippen molar-refractivity contribution in [3.8, 4) is 0 Å². The number of anilines is 1. The Morgan fingerprint density at radius 2 is 1.86 bits per heavy atom. The second-order valence-electron chi connectivity index (χ2n) is 6.86. The fraction of sp³-hybridized carbons (Fsp3) is 0.250. The van der Waals surface area contributed by atoms with E-state index < -0.39 is 0 Å². The van der Waals surface area contributed by atoms with Gasteiger partial charge in [0.2, 0.25) is 0 Å². The topological polar surface area (TPSA) is 50.5 Å². The van der Waals surface area contributed by atoms with Crippen molar-refractivity contribution in [2.24, 2.45) is 0 Å². The number of benzene rings is 2. The van der Waals surface area contributed by atoms with E-state index in [-0.39, 0.29) is 11.7 Å². The van der Waals surface area contributed by atoms with Gasteiger partial charge in [0.1, 0.15) is 5.82 Å². The first-order valence-electron chi connectivity index (χ1n) is 9.04. The number of nitrogens with one attached hydrogen (secondary N) is 1. The number of halogens is 1. The molecule has 8 heteroatoms. The molecule has 2 aromatic carbocycles. The lowest BCUT2D eigenvalue weighted by Crippen LogP contribution is -3.05. The van der Waals surface area contributed by atoms with E-state index in [1.807, 2.05) is 24.3 Å². The molecule has 1 N–H and O–H groups in total. The van der Waals surface area contributed by atoms with Crippen LogP contribution in [0.15, 0.2) is 42.5 Å². The molecule has 0 aliphatic rings. The standard InChI is InChI=1S/C20H19FN4OS2/c1-24(2)10-5-11-25(20-23-15-9-8-13(21)12-17(15)28-20)19(26)18-22-14-6-3-4-7-16(14)27-18/h3-4,6-9,12H,5,10-11H2,1-2H3/p+1. The summed E-state index contributed by atoms with van der Waals surface area (Å²) in [6, 6.07) is 12.2. The molecule has 0 saturated heterocycles. The van der Waals surface area contributed by atoms with Crippen LogP contribution in [0.3, 0.4) is 0 Å². The Morgan fingerprint density at radius 1 is 1.07 bits per heavy atom. The van der Waals surface area contributed by atoms with Crippen molar-refractivity contribution in [2.45, 2.75) is 6.42 Å². The molecule has 2 heterocycles. The van der Waals surface area contributed by atoms with E-state index in [9.17, 15) is 9.18 Å². The van der Waals surface area contributed by atoms with Crippen molar-refractivity contribution < 1.29 is 14.1 Å². The maximum atomic E-state index is 13.6. The zero-order valence-corrected chi connectivity index (χ0v) is 17.2. The van der Waals surface area contributed by atoms with Gasteiger partial charge in [-0.1, -0.05) is 23.5 Å². The molecule has 28 heavy (non-hydrogen) atoms. The van der Waals surface area contributed by atoms with Crippen LogP contribution < -0.4 is 9.80 Å². The average Bonchev–Trinajstić information content (AvgIpc) is 3.27. The van der Waals surface area contributed by atoms with Crippen molar-refractivity contribution in [1.82, 2.24) is 9.97 Å². The number of quaternary nitrogens is 1. The van der Waals surface area contributed by atoms with Crippen LogP contribution in [0.4, 0.5) is 9.52 Å². The van der Waals surface area contributed by atoms with Gasteiger partial charge in [0.15, 0.2) is 10.1 Å². The molecule has 0 radical (unpaired) electrons. The monoisotopic (exact) mass is 415 g/mol. The second-order valence-corrected chi connectivity index (χ2v) is 8.90. The van der Waals surface area contributed by atoms with Gasteiger partial charge in [0.25, 0.3) is 5.91 Å². The third-order valence-corrected chi connectivity index (χ3v) is 6.42. The molecular formula is C20H20FN4OS2+. The number of amides is 1. The highest BCUT2D eigenvalue weighted by molar-refractivity contribution is 7.22. The Balaban J connectivity index is 1.69. The summed E-state index contributed by atoms with van der Waals surface area (Å²) in [7, 11) is 4.17. The summed E-state index contributed by atoms with van der Waals surface area (Å²) in [6.45, 7) is 1.48. The van der Waals surface area contributed by atoms with E-state index in [0.717, 1.165) is 27.9 Å². The van der Waals surface area contributed by atoms with Gasteiger partial charge in [-0.05, 0) is 30.3 Å². The van der Waals surface area contributed by atoms with Crippen molar-refractivity contribution in [1.29, 1.82) is 0 Å². The number of carbonyl (C=O) groups is 1. The van der Waals surface area contributed by atoms with Crippen molar-refractivity contribution in [3.63, 3.8) is 0 Å². The number of aromatic nitrogens is 2. The van der Waals surface area contributed by atoms with Gasteiger partial charge in [-0.3, -0.25) is 9.69 Å². The van der Waals surface area contributed by atoms with Gasteiger partial charge in [-0.15, -0.1) is 11.3 Å². The normalized spacial score (nSPS) is 11.6. The quantitative estimate of drug-likeness (QED) is 0.526. The molecule has 0 fully saturated rings. The molecule has 0 saturated carbocycles. The first-order chi connectivity index (χ1) is 13.5. The van der Waals surface area contributed by atoms with Crippen molar-refractivity contribution >= 4 is 54.1 Å². The summed E-state index contributed by atoms with van der Waals surface area (Å²) in [5.41, 5.74) is 1.52. The Bertz CT molecular complexity index is 1100. The first-order valence-corrected chi connectivity index (χ1v) is 10.7. The predicted octanol–water partition coefficient (Wildman–Crippen LogP) is 3.23. The van der Waals surface area contributed by atoms with Crippen LogP contribution in [0, 0.1) is 5.82 Å². The Morgan fingerprint density at radius 3 is 2.64 bits per heavy atom. The summed E-state index contributed by atoms with van der Waals surface area (Å²) >= 11 is 2.72. The highest BCUT2D eigenvalue weighted by Gasteiger charge is 2.24. The zero-order valence-electron chi connectivity index (χ0n) is 15.6. The Hall–Kier alpha value is -2.42. The lowest BCUT2D eigenvalue weighted by Gasteiger charge is -2.19. The van der Waals surface area contributed by atoms with Crippen LogP contribution in [-0.4, -0.2) is 43.1 Å². The van der Waals surface area contributed by atoms with Crippen LogP contribution >= 0.6 is 22.7 Å². The van der Waals surface area contributed by atoms with Crippen LogP contribution in [0.1, 0.15) is 16.2 Å². The predicted molar refractivity (Wildman–Crippen MR) is 113 cm³/mol. The molecule has 0 aliphatic heterocycles. The molecule has 0 aliphatic carbocycles. The van der Waals surface area contributed by atoms with Crippen molar-refractivity contribution in [3.05, 3.63) is 53.3 Å². The smallest absolute Gasteiger partial charge is 0.289 e. The van der Waals surface area contributed by atoms with Gasteiger partial charge in [0, 0.05) is 13.0 Å². The summed E-state index contributed by atoms with van der Waals surface area (Å²) in [5.74, 6) is -0.461. The van der Waals surface area contributed by atoms with Crippen LogP contribution in [0.2, 0.25) is 0 Å². The lowest BCUT2D eigenvalue weighted by atomic mass is 10.3. The fourth-order valence-corrected chi connectivity index (χ4v) is 4.89. The van der Waals surface area contributed by atoms with Crippen LogP contribution in [0.25, 0.3) is 20.4 Å². The van der Waals surface area contributed by atoms with Gasteiger partial charge >= 0.3 is 0 Å². The number of hydrogen-bond acceptors (Lipinski definition) is 5. The summed E-state index contributed by atoms with van der Waals surface area (Å²) in [6.07, 6.45) is 0.837. The van der Waals surface area contributed by atoms with Gasteiger partial charge in [0.05, 0.1) is 41.1 Å². The number of nitrogens with zero attached hydrogens (tertiary/aromatic N) is 3. The minimum atomic E-state index is -0.303. The highest BCUT2D eigenvalue weighted by atomic mass is 32.1. The SMILES string of the molecule is C[NH+](C)CCCN(C(=O)c1nc2ccccc2s1)c1nc2ccc(F)cc2s1. The number of thiazole rings is 2. The summed E-state index contributed by atoms with van der Waals surface area (Å²) in [4.78, 5) is 25.4. The molecule has 0 bridgehead atoms. The van der Waals surface area contributed by atoms with Gasteiger partial charge < -0.3 is 4.90 Å². The highest BCUT2D eigenvalue weighted by Crippen LogP contribution is 2.31. The molecule has 0 spiro atoms. The lowest BCUT2D eigenvalue weighted by molar-refractivity contribution is -0.858. The molecule has 4 rings (SSSR count). The van der Waals surface area contributed by atoms with Crippen LogP contribution in [0.5, 0.6) is 0 Å². The van der Waals surface area contributed by atoms with Crippen LogP contribution in [-0.2, 0) is 0 Å². The minimum absolute atomic E-state index is 0.158. The third-order valence-electron chi connectivity index (χ3n) is 4.35. The average molecular weight is 416 g/mol. The molecular weight excluding hydrogens is 395 g/mol. The first kappa shape index (κ1) is 18.9. The van der Waals surface area contributed by atoms with E-state index in [1.54, 1.807) is 11.0 Å². The molecule has 0 atom stereocenters. The Kier molecular flexibility index (Phi) is 5.34. The Labute approximate surface area is 170 Å². The molecule has 5 nitrogen and oxygen atoms in total. The summed E-state index contributed by atoms with van der Waals surface area (Å²) < 4.78 is 15.3. The van der Waals surface area contributed by atoms with E-state index in [4.69, 9.17) is 0 Å². The molecule has 4 aromatic rings. The number of para-hydroxylation sites is 1. The molecule has 1 amide bonds. The number of fused-ring (bicyclic) bond motifs is 2. The van der Waals surface area contributed by atoms with Gasteiger partial charge in [-0.2, -0.15) is 0 Å². The maximum Gasteiger partial charge on any atom is 0.289 e. The number of rotatable bonds is 6. The van der Waals surface area contributed by atoms with E-state index >= 15 is 0 Å². The molecule has 144 valence electrons. The maximum absolute atomic E-state index is 13.6. The number of hydrogen-bond donors (Lipinski definition) is 1. The fourth-order valence-electron chi connectivity index (χ4n) is 2.96. The van der Waals surface area contributed by atoms with E-state index in [1.165, 1.54) is 39.7 Å². The van der Waals surface area contributed by atoms with E-state index in [2.05, 4.69) is 24.1 Å². The van der Waals surface area contributed by atoms with E-state index in [0.29, 0.717) is 22.2 Å². The number of carbonyl (C=O) groups excluding carboxylic acids is 1.